The van der Waals surface area contributed by atoms with Crippen LogP contribution in [0.25, 0.3) is 10.8 Å². The fourth-order valence-electron chi connectivity index (χ4n) is 2.74. The van der Waals surface area contributed by atoms with Crippen molar-refractivity contribution in [3.8, 4) is 17.4 Å². The number of rotatable bonds is 4. The quantitative estimate of drug-likeness (QED) is 0.562. The van der Waals surface area contributed by atoms with Gasteiger partial charge < -0.3 is 9.84 Å². The Balaban J connectivity index is 1.56. The zero-order valence-corrected chi connectivity index (χ0v) is 14.0. The third-order valence-electron chi connectivity index (χ3n) is 3.97. The lowest BCUT2D eigenvalue weighted by Crippen LogP contribution is -1.89. The molecular formula is C20H15NO3S. The van der Waals surface area contributed by atoms with Gasteiger partial charge in [0, 0.05) is 11.8 Å². The van der Waals surface area contributed by atoms with E-state index in [-0.39, 0.29) is 10.8 Å². The zero-order chi connectivity index (χ0) is 17.2. The highest BCUT2D eigenvalue weighted by Gasteiger charge is 2.08. The number of H-pyrrole nitrogens is 1. The number of aromatic nitrogens is 1. The Morgan fingerprint density at radius 3 is 2.48 bits per heavy atom. The predicted molar refractivity (Wildman–Crippen MR) is 99.9 cm³/mol. The maximum absolute atomic E-state index is 11.2. The van der Waals surface area contributed by atoms with Crippen LogP contribution < -0.4 is 9.61 Å². The van der Waals surface area contributed by atoms with E-state index in [4.69, 9.17) is 4.74 Å². The van der Waals surface area contributed by atoms with Gasteiger partial charge in [-0.2, -0.15) is 0 Å². The second kappa shape index (κ2) is 6.45. The van der Waals surface area contributed by atoms with E-state index in [1.807, 2.05) is 54.6 Å². The van der Waals surface area contributed by atoms with Crippen LogP contribution in [0.4, 0.5) is 0 Å². The topological polar surface area (TPSA) is 62.3 Å². The number of thiazole rings is 1. The van der Waals surface area contributed by atoms with Crippen LogP contribution in [0.3, 0.4) is 0 Å². The van der Waals surface area contributed by atoms with Gasteiger partial charge in [0.1, 0.15) is 11.5 Å². The van der Waals surface area contributed by atoms with E-state index in [0.717, 1.165) is 39.2 Å². The molecule has 0 radical (unpaired) electrons. The molecule has 0 amide bonds. The van der Waals surface area contributed by atoms with Crippen molar-refractivity contribution >= 4 is 22.1 Å². The number of benzene rings is 3. The van der Waals surface area contributed by atoms with Gasteiger partial charge in [-0.1, -0.05) is 59.9 Å². The smallest absolute Gasteiger partial charge is 0.307 e. The minimum Gasteiger partial charge on any atom is -0.494 e. The first-order valence-corrected chi connectivity index (χ1v) is 8.66. The Labute approximate surface area is 148 Å². The van der Waals surface area contributed by atoms with E-state index in [9.17, 15) is 9.90 Å². The molecular weight excluding hydrogens is 334 g/mol. The fraction of sp³-hybridized carbons (Fsp3) is 0.0500. The molecule has 0 fully saturated rings. The summed E-state index contributed by atoms with van der Waals surface area (Å²) in [5.41, 5.74) is 0.996. The first-order chi connectivity index (χ1) is 12.2. The van der Waals surface area contributed by atoms with E-state index in [1.165, 1.54) is 0 Å². The highest BCUT2D eigenvalue weighted by atomic mass is 32.1. The summed E-state index contributed by atoms with van der Waals surface area (Å²) in [6.45, 7) is 0. The molecule has 0 atom stereocenters. The Morgan fingerprint density at radius 2 is 1.72 bits per heavy atom. The van der Waals surface area contributed by atoms with Gasteiger partial charge in [0.2, 0.25) is 5.88 Å². The van der Waals surface area contributed by atoms with E-state index in [0.29, 0.717) is 11.3 Å². The number of hydrogen-bond donors (Lipinski definition) is 2. The van der Waals surface area contributed by atoms with Crippen LogP contribution in [0.5, 0.6) is 17.4 Å². The summed E-state index contributed by atoms with van der Waals surface area (Å²) in [6.07, 6.45) is 0.504. The molecule has 0 saturated carbocycles. The number of aromatic amines is 1. The molecule has 3 aromatic carbocycles. The molecule has 124 valence electrons. The number of fused-ring (bicyclic) bond motifs is 1. The molecule has 0 saturated heterocycles. The van der Waals surface area contributed by atoms with Gasteiger partial charge in [-0.05, 0) is 29.1 Å². The highest BCUT2D eigenvalue weighted by Crippen LogP contribution is 2.30. The average molecular weight is 349 g/mol. The van der Waals surface area contributed by atoms with Crippen LogP contribution in [0.15, 0.2) is 71.5 Å². The Bertz CT molecular complexity index is 1070. The van der Waals surface area contributed by atoms with E-state index < -0.39 is 0 Å². The largest absolute Gasteiger partial charge is 0.494 e. The second-order valence-electron chi connectivity index (χ2n) is 5.69. The monoisotopic (exact) mass is 349 g/mol. The van der Waals surface area contributed by atoms with E-state index in [2.05, 4.69) is 17.1 Å². The second-order valence-corrected chi connectivity index (χ2v) is 6.75. The summed E-state index contributed by atoms with van der Waals surface area (Å²) in [4.78, 5) is 14.0. The van der Waals surface area contributed by atoms with Crippen LogP contribution in [0.1, 0.15) is 10.4 Å². The van der Waals surface area contributed by atoms with Crippen LogP contribution >= 0.6 is 11.3 Å². The molecule has 1 aromatic heterocycles. The molecule has 0 unspecified atom stereocenters. The number of hydrogen-bond acceptors (Lipinski definition) is 4. The lowest BCUT2D eigenvalue weighted by atomic mass is 10.1. The third-order valence-corrected chi connectivity index (χ3v) is 4.84. The number of ether oxygens (including phenoxy) is 1. The van der Waals surface area contributed by atoms with Crippen molar-refractivity contribution in [2.24, 2.45) is 0 Å². The third kappa shape index (κ3) is 3.27. The van der Waals surface area contributed by atoms with Gasteiger partial charge in [-0.25, -0.2) is 0 Å². The van der Waals surface area contributed by atoms with E-state index in [1.54, 1.807) is 0 Å². The molecule has 25 heavy (non-hydrogen) atoms. The van der Waals surface area contributed by atoms with Crippen LogP contribution in [-0.4, -0.2) is 10.1 Å². The van der Waals surface area contributed by atoms with Gasteiger partial charge >= 0.3 is 4.87 Å². The Morgan fingerprint density at radius 1 is 0.960 bits per heavy atom. The van der Waals surface area contributed by atoms with Crippen molar-refractivity contribution < 1.29 is 9.84 Å². The minimum atomic E-state index is -0.247. The van der Waals surface area contributed by atoms with Crippen molar-refractivity contribution in [3.05, 3.63) is 86.8 Å². The van der Waals surface area contributed by atoms with Crippen molar-refractivity contribution in [2.45, 2.75) is 6.42 Å². The number of aromatic hydroxyl groups is 1. The standard InChI is InChI=1S/C20H15NO3S/c22-19-18(25-20(23)21-19)12-13-8-10-15(11-9-13)24-17-7-3-5-14-4-1-2-6-16(14)17/h1-11,22H,12H2,(H,21,23). The maximum Gasteiger partial charge on any atom is 0.307 e. The van der Waals surface area contributed by atoms with Crippen LogP contribution in [-0.2, 0) is 6.42 Å². The minimum absolute atomic E-state index is 0.0499. The average Bonchev–Trinajstić information content (AvgIpc) is 2.94. The molecule has 0 aliphatic heterocycles. The molecule has 4 aromatic rings. The normalized spacial score (nSPS) is 10.9. The summed E-state index contributed by atoms with van der Waals surface area (Å²) in [7, 11) is 0. The predicted octanol–water partition coefficient (Wildman–Crippen LogP) is 4.68. The van der Waals surface area contributed by atoms with Gasteiger partial charge in [-0.15, -0.1) is 0 Å². The maximum atomic E-state index is 11.2. The first kappa shape index (κ1) is 15.5. The van der Waals surface area contributed by atoms with Gasteiger partial charge in [0.25, 0.3) is 0 Å². The van der Waals surface area contributed by atoms with Crippen molar-refractivity contribution in [2.75, 3.05) is 0 Å². The molecule has 0 spiro atoms. The van der Waals surface area contributed by atoms with Crippen molar-refractivity contribution in [1.29, 1.82) is 0 Å². The van der Waals surface area contributed by atoms with E-state index >= 15 is 0 Å². The molecule has 0 aliphatic carbocycles. The van der Waals surface area contributed by atoms with Crippen LogP contribution in [0, 0.1) is 0 Å². The van der Waals surface area contributed by atoms with Gasteiger partial charge in [-0.3, -0.25) is 9.78 Å². The SMILES string of the molecule is O=c1[nH]c(O)c(Cc2ccc(Oc3cccc4ccccc34)cc2)s1. The Kier molecular flexibility index (Phi) is 3.99. The van der Waals surface area contributed by atoms with Crippen LogP contribution in [0.2, 0.25) is 0 Å². The summed E-state index contributed by atoms with van der Waals surface area (Å²) < 4.78 is 6.02. The van der Waals surface area contributed by atoms with Crippen molar-refractivity contribution in [3.63, 3.8) is 0 Å². The fourth-order valence-corrected chi connectivity index (χ4v) is 3.50. The van der Waals surface area contributed by atoms with Gasteiger partial charge in [0.05, 0.1) is 4.88 Å². The molecule has 0 aliphatic rings. The lowest BCUT2D eigenvalue weighted by Gasteiger charge is -2.09. The zero-order valence-electron chi connectivity index (χ0n) is 13.2. The summed E-state index contributed by atoms with van der Waals surface area (Å²) in [5.74, 6) is 1.50. The Hall–Kier alpha value is -3.05. The molecule has 2 N–H and O–H groups in total. The lowest BCUT2D eigenvalue weighted by molar-refractivity contribution is 0.451. The molecule has 4 nitrogen and oxygen atoms in total. The van der Waals surface area contributed by atoms with Crippen molar-refractivity contribution in [1.82, 2.24) is 4.98 Å². The highest BCUT2D eigenvalue weighted by molar-refractivity contribution is 7.09. The van der Waals surface area contributed by atoms with Gasteiger partial charge in [0.15, 0.2) is 0 Å². The summed E-state index contributed by atoms with van der Waals surface area (Å²) >= 11 is 1.03. The molecule has 4 rings (SSSR count). The first-order valence-electron chi connectivity index (χ1n) is 7.84. The number of nitrogens with one attached hydrogen (secondary N) is 1. The summed E-state index contributed by atoms with van der Waals surface area (Å²) in [6, 6.07) is 21.7. The molecule has 0 bridgehead atoms. The molecule has 5 heteroatoms. The summed E-state index contributed by atoms with van der Waals surface area (Å²) in [5, 5.41) is 11.9. The molecule has 1 heterocycles.